The second kappa shape index (κ2) is 92.3. The van der Waals surface area contributed by atoms with Crippen LogP contribution in [-0.2, 0) is 104 Å². The van der Waals surface area contributed by atoms with Crippen molar-refractivity contribution in [3.8, 4) is 0 Å². The third kappa shape index (κ3) is 90.4. The molecule has 2 unspecified atom stereocenters. The molecular weight excluding hydrogens is 1280 g/mol. The van der Waals surface area contributed by atoms with Crippen LogP contribution in [0.15, 0.2) is 0 Å². The van der Waals surface area contributed by atoms with Gasteiger partial charge in [-0.25, -0.2) is 0 Å². The topological polar surface area (TPSA) is 219 Å². The average Bonchev–Trinajstić information content (AvgIpc) is 3.32. The van der Waals surface area contributed by atoms with Gasteiger partial charge in [0.25, 0.3) is 0 Å². The molecule has 0 heterocycles. The van der Waals surface area contributed by atoms with Crippen LogP contribution in [0.4, 0.5) is 0 Å². The maximum atomic E-state index is 11.6. The van der Waals surface area contributed by atoms with E-state index in [4.69, 9.17) is 94.7 Å². The van der Waals surface area contributed by atoms with E-state index >= 15 is 0 Å². The van der Waals surface area contributed by atoms with Crippen LogP contribution in [0.2, 0.25) is 0 Å². The summed E-state index contributed by atoms with van der Waals surface area (Å²) in [6, 6.07) is 0. The molecule has 22 nitrogen and oxygen atoms in total. The van der Waals surface area contributed by atoms with Crippen LogP contribution in [0.3, 0.4) is 0 Å². The van der Waals surface area contributed by atoms with Crippen LogP contribution in [0, 0.1) is 11.8 Å². The van der Waals surface area contributed by atoms with E-state index in [-0.39, 0.29) is 23.8 Å². The predicted octanol–water partition coefficient (Wildman–Crippen LogP) is 14.0. The number of esters is 2. The Morgan fingerprint density at radius 1 is 0.192 bits per heavy atom. The Kier molecular flexibility index (Phi) is 92.6. The van der Waals surface area contributed by atoms with E-state index in [1.54, 1.807) is 7.11 Å². The number of hydrogen-bond acceptors (Lipinski definition) is 22. The summed E-state index contributed by atoms with van der Waals surface area (Å²) in [6.45, 7) is 35.6. The lowest BCUT2D eigenvalue weighted by Crippen LogP contribution is -2.15. The average molecular weight is 1430 g/mol. The van der Waals surface area contributed by atoms with Gasteiger partial charge in [-0.15, -0.1) is 0 Å². The van der Waals surface area contributed by atoms with Gasteiger partial charge >= 0.3 is 11.9 Å². The van der Waals surface area contributed by atoms with E-state index in [2.05, 4.69) is 6.92 Å². The highest BCUT2D eigenvalue weighted by molar-refractivity contribution is 5.72. The van der Waals surface area contributed by atoms with E-state index < -0.39 is 0 Å². The van der Waals surface area contributed by atoms with Crippen LogP contribution in [0.5, 0.6) is 0 Å². The van der Waals surface area contributed by atoms with Crippen molar-refractivity contribution < 1.29 is 104 Å². The second-order valence-corrected chi connectivity index (χ2v) is 24.9. The molecule has 0 aliphatic heterocycles. The van der Waals surface area contributed by atoms with Gasteiger partial charge in [-0.05, 0) is 128 Å². The van der Waals surface area contributed by atoms with Crippen molar-refractivity contribution in [2.45, 2.75) is 227 Å². The smallest absolute Gasteiger partial charge is 0.308 e. The largest absolute Gasteiger partial charge is 0.465 e. The molecular formula is C77H154O22. The summed E-state index contributed by atoms with van der Waals surface area (Å²) in [5, 5.41) is 0. The minimum absolute atomic E-state index is 0.0292. The van der Waals surface area contributed by atoms with Crippen molar-refractivity contribution in [1.29, 1.82) is 0 Å². The summed E-state index contributed by atoms with van der Waals surface area (Å²) in [6.07, 6.45) is 30.7. The zero-order valence-electron chi connectivity index (χ0n) is 64.5. The maximum absolute atomic E-state index is 11.6. The van der Waals surface area contributed by atoms with Crippen LogP contribution in [0.25, 0.3) is 0 Å². The molecule has 0 spiro atoms. The molecule has 0 amide bonds. The van der Waals surface area contributed by atoms with Crippen LogP contribution >= 0.6 is 0 Å². The summed E-state index contributed by atoms with van der Waals surface area (Å²) >= 11 is 0. The molecule has 22 heteroatoms. The lowest BCUT2D eigenvalue weighted by molar-refractivity contribution is -0.149. The van der Waals surface area contributed by atoms with Crippen molar-refractivity contribution in [2.24, 2.45) is 11.8 Å². The molecule has 0 saturated carbocycles. The van der Waals surface area contributed by atoms with Crippen LogP contribution in [-0.4, -0.2) is 264 Å². The normalized spacial score (nSPS) is 12.1. The molecule has 0 N–H and O–H groups in total. The zero-order valence-corrected chi connectivity index (χ0v) is 64.5. The Morgan fingerprint density at radius 2 is 0.333 bits per heavy atom. The highest BCUT2D eigenvalue weighted by Crippen LogP contribution is 2.12. The Morgan fingerprint density at radius 3 is 0.495 bits per heavy atom. The molecule has 594 valence electrons. The van der Waals surface area contributed by atoms with Gasteiger partial charge in [-0.2, -0.15) is 0 Å². The third-order valence-electron chi connectivity index (χ3n) is 15.3. The van der Waals surface area contributed by atoms with E-state index in [1.165, 1.54) is 57.8 Å². The number of carbonyl (C=O) groups is 2. The SMILES string of the molecule is CCC(C)C(=O)OCCCOCCCOCCCOCCCOCCCOCCCOCCCOCCCOCCCOCCCOCCCOCCCOCCCOCCCOCCCOCCCOCCCOCCCOC.CCCCCCCCCCCCOC(=O)C(C)CC. The summed E-state index contributed by atoms with van der Waals surface area (Å²) in [4.78, 5) is 23.0. The maximum Gasteiger partial charge on any atom is 0.308 e. The summed E-state index contributed by atoms with van der Waals surface area (Å²) in [5.74, 6) is -0.136. The van der Waals surface area contributed by atoms with Gasteiger partial charge in [-0.3, -0.25) is 9.59 Å². The van der Waals surface area contributed by atoms with Crippen molar-refractivity contribution in [1.82, 2.24) is 0 Å². The van der Waals surface area contributed by atoms with Gasteiger partial charge in [0.1, 0.15) is 0 Å². The zero-order chi connectivity index (χ0) is 71.8. The summed E-state index contributed by atoms with van der Waals surface area (Å²) in [5.41, 5.74) is 0. The Balaban J connectivity index is 0. The lowest BCUT2D eigenvalue weighted by atomic mass is 10.1. The molecule has 2 atom stereocenters. The van der Waals surface area contributed by atoms with Gasteiger partial charge in [0.15, 0.2) is 0 Å². The fraction of sp³-hybridized carbons (Fsp3) is 0.974. The molecule has 0 aliphatic rings. The van der Waals surface area contributed by atoms with Crippen LogP contribution < -0.4 is 0 Å². The Hall–Kier alpha value is -1.78. The van der Waals surface area contributed by atoms with Crippen molar-refractivity contribution in [3.05, 3.63) is 0 Å². The quantitative estimate of drug-likeness (QED) is 0.0408. The monoisotopic (exact) mass is 1430 g/mol. The third-order valence-corrected chi connectivity index (χ3v) is 15.3. The second-order valence-electron chi connectivity index (χ2n) is 24.9. The number of hydrogen-bond donors (Lipinski definition) is 0. The van der Waals surface area contributed by atoms with Gasteiger partial charge in [0.05, 0.1) is 25.0 Å². The first kappa shape index (κ1) is 99.3. The molecule has 0 aromatic heterocycles. The first-order valence-electron chi connectivity index (χ1n) is 39.6. The van der Waals surface area contributed by atoms with E-state index in [0.717, 1.165) is 168 Å². The molecule has 0 bridgehead atoms. The Labute approximate surface area is 604 Å². The standard InChI is InChI=1S/C60H120O20.C17H34O2/c1-4-59(2)60(61)80-58-22-57-79-56-21-55-78-54-20-53-77-52-19-51-76-50-18-49-75-48-17-47-74-46-16-45-73-44-15-43-72-42-14-41-71-40-13-39-70-38-12-37-69-36-11-35-68-34-10-33-67-32-9-31-66-30-8-29-65-28-7-27-64-26-6-25-63-24-5-23-62-3;1-4-6-7-8-9-10-11-12-13-14-15-19-17(18)16(3)5-2/h59H,4-58H2,1-3H3;16H,4-15H2,1-3H3. The molecule has 0 fully saturated rings. The number of rotatable bonds is 87. The molecule has 99 heavy (non-hydrogen) atoms. The van der Waals surface area contributed by atoms with Crippen LogP contribution in [0.1, 0.15) is 227 Å². The highest BCUT2D eigenvalue weighted by Gasteiger charge is 2.12. The van der Waals surface area contributed by atoms with Gasteiger partial charge in [-0.1, -0.05) is 92.4 Å². The number of carbonyl (C=O) groups excluding carboxylic acids is 2. The summed E-state index contributed by atoms with van der Waals surface area (Å²) < 4.78 is 112. The minimum Gasteiger partial charge on any atom is -0.465 e. The molecule has 0 saturated heterocycles. The predicted molar refractivity (Wildman–Crippen MR) is 392 cm³/mol. The van der Waals surface area contributed by atoms with E-state index in [9.17, 15) is 9.59 Å². The van der Waals surface area contributed by atoms with Gasteiger partial charge in [0, 0.05) is 245 Å². The van der Waals surface area contributed by atoms with Gasteiger partial charge in [0.2, 0.25) is 0 Å². The molecule has 0 rings (SSSR count). The van der Waals surface area contributed by atoms with Crippen molar-refractivity contribution >= 4 is 11.9 Å². The number of ether oxygens (including phenoxy) is 20. The molecule has 0 radical (unpaired) electrons. The first-order chi connectivity index (χ1) is 48.9. The van der Waals surface area contributed by atoms with Crippen molar-refractivity contribution in [3.63, 3.8) is 0 Å². The number of unbranched alkanes of at least 4 members (excludes halogenated alkanes) is 9. The fourth-order valence-corrected chi connectivity index (χ4v) is 8.96. The Bertz CT molecular complexity index is 1480. The van der Waals surface area contributed by atoms with Crippen molar-refractivity contribution in [2.75, 3.05) is 252 Å². The van der Waals surface area contributed by atoms with Gasteiger partial charge < -0.3 is 94.7 Å². The minimum atomic E-state index is -0.128. The lowest BCUT2D eigenvalue weighted by Gasteiger charge is -2.09. The molecule has 0 aliphatic carbocycles. The fourth-order valence-electron chi connectivity index (χ4n) is 8.96. The highest BCUT2D eigenvalue weighted by atomic mass is 16.6. The first-order valence-corrected chi connectivity index (χ1v) is 39.6. The van der Waals surface area contributed by atoms with E-state index in [1.807, 2.05) is 27.7 Å². The molecule has 0 aromatic carbocycles. The molecule has 0 aromatic rings. The summed E-state index contributed by atoms with van der Waals surface area (Å²) in [7, 11) is 1.70. The van der Waals surface area contributed by atoms with E-state index in [0.29, 0.717) is 211 Å². The number of methoxy groups -OCH3 is 1.